The van der Waals surface area contributed by atoms with Crippen molar-refractivity contribution in [3.8, 4) is 0 Å². The Morgan fingerprint density at radius 1 is 1.23 bits per heavy atom. The molecule has 118 valence electrons. The monoisotopic (exact) mass is 324 g/mol. The van der Waals surface area contributed by atoms with Gasteiger partial charge in [0.1, 0.15) is 16.2 Å². The second-order valence-corrected chi connectivity index (χ2v) is 5.75. The summed E-state index contributed by atoms with van der Waals surface area (Å²) in [5.41, 5.74) is -0.763. The van der Waals surface area contributed by atoms with Crippen LogP contribution in [0.5, 0.6) is 0 Å². The molecule has 22 heavy (non-hydrogen) atoms. The number of carboxylic acids is 1. The van der Waals surface area contributed by atoms with Gasteiger partial charge in [-0.3, -0.25) is 18.7 Å². The van der Waals surface area contributed by atoms with Crippen LogP contribution in [-0.4, -0.2) is 35.9 Å². The lowest BCUT2D eigenvalue weighted by Crippen LogP contribution is -2.37. The average Bonchev–Trinajstić information content (AvgIpc) is 2.48. The Labute approximate surface area is 129 Å². The summed E-state index contributed by atoms with van der Waals surface area (Å²) in [6.07, 6.45) is 1.38. The quantitative estimate of drug-likeness (QED) is 0.616. The molecule has 2 rings (SSSR count). The smallest absolute Gasteiger partial charge is 0.332 e. The molecule has 0 saturated heterocycles. The molecule has 2 aromatic rings. The minimum atomic E-state index is -1.00. The highest BCUT2D eigenvalue weighted by Crippen LogP contribution is 2.22. The van der Waals surface area contributed by atoms with Crippen LogP contribution >= 0.6 is 11.8 Å². The van der Waals surface area contributed by atoms with E-state index >= 15 is 0 Å². The third kappa shape index (κ3) is 2.89. The topological polar surface area (TPSA) is 107 Å². The number of hydrogen-bond acceptors (Lipinski definition) is 6. The summed E-state index contributed by atoms with van der Waals surface area (Å²) in [5.74, 6) is -0.731. The molecule has 2 aromatic heterocycles. The summed E-state index contributed by atoms with van der Waals surface area (Å²) in [6.45, 7) is 1.96. The van der Waals surface area contributed by atoms with Crippen LogP contribution in [0.25, 0.3) is 11.0 Å². The standard InChI is InChI=1S/C13H16N4O4S/c1-4-5-7-14-10-9(11(15-7)22-6-8(18)19)12(20)17(3)13(21)16(10)2/h4-6H2,1-3H3,(H,18,19). The Kier molecular flexibility index (Phi) is 4.65. The van der Waals surface area contributed by atoms with E-state index < -0.39 is 17.2 Å². The van der Waals surface area contributed by atoms with Gasteiger partial charge in [-0.1, -0.05) is 18.7 Å². The molecule has 9 heteroatoms. The zero-order valence-corrected chi connectivity index (χ0v) is 13.3. The predicted molar refractivity (Wildman–Crippen MR) is 82.4 cm³/mol. The Hall–Kier alpha value is -2.16. The van der Waals surface area contributed by atoms with E-state index in [1.54, 1.807) is 0 Å². The molecular weight excluding hydrogens is 308 g/mol. The Morgan fingerprint density at radius 3 is 2.50 bits per heavy atom. The summed E-state index contributed by atoms with van der Waals surface area (Å²) >= 11 is 0.956. The van der Waals surface area contributed by atoms with Crippen molar-refractivity contribution >= 4 is 28.8 Å². The summed E-state index contributed by atoms with van der Waals surface area (Å²) in [6, 6.07) is 0. The van der Waals surface area contributed by atoms with Crippen LogP contribution in [0.2, 0.25) is 0 Å². The zero-order valence-electron chi connectivity index (χ0n) is 12.5. The Morgan fingerprint density at radius 2 is 1.91 bits per heavy atom. The second kappa shape index (κ2) is 6.30. The summed E-state index contributed by atoms with van der Waals surface area (Å²) in [7, 11) is 2.90. The number of thioether (sulfide) groups is 1. The number of aryl methyl sites for hydroxylation is 2. The summed E-state index contributed by atoms with van der Waals surface area (Å²) in [4.78, 5) is 43.7. The number of aliphatic carboxylic acids is 1. The first-order chi connectivity index (χ1) is 10.4. The minimum Gasteiger partial charge on any atom is -0.481 e. The fourth-order valence-corrected chi connectivity index (χ4v) is 2.79. The Bertz CT molecular complexity index is 856. The van der Waals surface area contributed by atoms with E-state index in [2.05, 4.69) is 9.97 Å². The van der Waals surface area contributed by atoms with E-state index in [0.717, 1.165) is 22.7 Å². The maximum Gasteiger partial charge on any atom is 0.332 e. The third-order valence-electron chi connectivity index (χ3n) is 3.12. The first-order valence-electron chi connectivity index (χ1n) is 6.68. The fraction of sp³-hybridized carbons (Fsp3) is 0.462. The van der Waals surface area contributed by atoms with Gasteiger partial charge in [0.05, 0.1) is 5.75 Å². The number of nitrogens with zero attached hydrogens (tertiary/aromatic N) is 4. The van der Waals surface area contributed by atoms with Gasteiger partial charge < -0.3 is 5.11 Å². The van der Waals surface area contributed by atoms with Gasteiger partial charge in [0, 0.05) is 20.5 Å². The van der Waals surface area contributed by atoms with Crippen molar-refractivity contribution in [3.63, 3.8) is 0 Å². The molecule has 8 nitrogen and oxygen atoms in total. The van der Waals surface area contributed by atoms with Crippen molar-refractivity contribution in [1.29, 1.82) is 0 Å². The molecule has 1 N–H and O–H groups in total. The molecule has 0 spiro atoms. The highest BCUT2D eigenvalue weighted by atomic mass is 32.2. The first kappa shape index (κ1) is 16.2. The van der Waals surface area contributed by atoms with Crippen LogP contribution in [0.4, 0.5) is 0 Å². The molecule has 0 saturated carbocycles. The molecule has 2 heterocycles. The molecule has 0 amide bonds. The number of hydrogen-bond donors (Lipinski definition) is 1. The lowest BCUT2D eigenvalue weighted by atomic mass is 10.3. The zero-order chi connectivity index (χ0) is 16.4. The fourth-order valence-electron chi connectivity index (χ4n) is 2.04. The van der Waals surface area contributed by atoms with Crippen molar-refractivity contribution < 1.29 is 9.90 Å². The second-order valence-electron chi connectivity index (χ2n) is 4.78. The van der Waals surface area contributed by atoms with Crippen molar-refractivity contribution in [2.24, 2.45) is 14.1 Å². The van der Waals surface area contributed by atoms with E-state index in [1.807, 2.05) is 6.92 Å². The molecule has 0 aliphatic carbocycles. The van der Waals surface area contributed by atoms with E-state index in [4.69, 9.17) is 5.11 Å². The van der Waals surface area contributed by atoms with Gasteiger partial charge in [-0.2, -0.15) is 0 Å². The van der Waals surface area contributed by atoms with Gasteiger partial charge >= 0.3 is 11.7 Å². The molecule has 0 aliphatic heterocycles. The molecule has 0 aromatic carbocycles. The molecule has 0 aliphatic rings. The predicted octanol–water partition coefficient (Wildman–Crippen LogP) is 0.156. The van der Waals surface area contributed by atoms with Crippen LogP contribution in [0, 0.1) is 0 Å². The van der Waals surface area contributed by atoms with Crippen LogP contribution in [-0.2, 0) is 25.3 Å². The first-order valence-corrected chi connectivity index (χ1v) is 7.66. The summed E-state index contributed by atoms with van der Waals surface area (Å²) < 4.78 is 2.25. The molecule has 0 bridgehead atoms. The van der Waals surface area contributed by atoms with Crippen molar-refractivity contribution in [3.05, 3.63) is 26.7 Å². The summed E-state index contributed by atoms with van der Waals surface area (Å²) in [5, 5.41) is 9.31. The van der Waals surface area contributed by atoms with Gasteiger partial charge in [0.2, 0.25) is 0 Å². The van der Waals surface area contributed by atoms with Gasteiger partial charge in [-0.15, -0.1) is 0 Å². The lowest BCUT2D eigenvalue weighted by molar-refractivity contribution is -0.133. The minimum absolute atomic E-state index is 0.177. The van der Waals surface area contributed by atoms with Crippen molar-refractivity contribution in [1.82, 2.24) is 19.1 Å². The number of carboxylic acid groups (broad SMARTS) is 1. The van der Waals surface area contributed by atoms with E-state index in [9.17, 15) is 14.4 Å². The van der Waals surface area contributed by atoms with Crippen LogP contribution in [0.15, 0.2) is 14.6 Å². The van der Waals surface area contributed by atoms with Crippen LogP contribution in [0.1, 0.15) is 19.2 Å². The van der Waals surface area contributed by atoms with Crippen molar-refractivity contribution in [2.45, 2.75) is 24.8 Å². The SMILES string of the molecule is CCCc1nc(SCC(=O)O)c2c(=O)n(C)c(=O)n(C)c2n1. The van der Waals surface area contributed by atoms with E-state index in [0.29, 0.717) is 17.3 Å². The highest BCUT2D eigenvalue weighted by molar-refractivity contribution is 8.00. The number of fused-ring (bicyclic) bond motifs is 1. The Balaban J connectivity index is 2.82. The van der Waals surface area contributed by atoms with Gasteiger partial charge in [0.25, 0.3) is 5.56 Å². The number of aromatic nitrogens is 4. The van der Waals surface area contributed by atoms with Gasteiger partial charge in [-0.25, -0.2) is 14.8 Å². The van der Waals surface area contributed by atoms with Crippen LogP contribution in [0.3, 0.4) is 0 Å². The highest BCUT2D eigenvalue weighted by Gasteiger charge is 2.17. The lowest BCUT2D eigenvalue weighted by Gasteiger charge is -2.11. The molecule has 0 radical (unpaired) electrons. The van der Waals surface area contributed by atoms with E-state index in [-0.39, 0.29) is 16.8 Å². The van der Waals surface area contributed by atoms with Gasteiger partial charge in [0.15, 0.2) is 5.65 Å². The van der Waals surface area contributed by atoms with Gasteiger partial charge in [-0.05, 0) is 6.42 Å². The number of rotatable bonds is 5. The van der Waals surface area contributed by atoms with E-state index in [1.165, 1.54) is 18.7 Å². The molecule has 0 fully saturated rings. The molecular formula is C13H16N4O4S. The largest absolute Gasteiger partial charge is 0.481 e. The van der Waals surface area contributed by atoms with Crippen LogP contribution < -0.4 is 11.2 Å². The molecule has 0 unspecified atom stereocenters. The average molecular weight is 324 g/mol. The third-order valence-corrected chi connectivity index (χ3v) is 4.08. The molecule has 0 atom stereocenters. The number of carbonyl (C=O) groups is 1. The maximum absolute atomic E-state index is 12.3. The maximum atomic E-state index is 12.3. The normalized spacial score (nSPS) is 11.0. The van der Waals surface area contributed by atoms with Crippen molar-refractivity contribution in [2.75, 3.05) is 5.75 Å².